The molecule has 1 aromatic carbocycles. The van der Waals surface area contributed by atoms with E-state index in [-0.39, 0.29) is 6.54 Å². The van der Waals surface area contributed by atoms with Crippen molar-refractivity contribution in [2.45, 2.75) is 19.6 Å². The van der Waals surface area contributed by atoms with Crippen LogP contribution in [0, 0.1) is 0 Å². The van der Waals surface area contributed by atoms with E-state index in [2.05, 4.69) is 21.2 Å². The fourth-order valence-electron chi connectivity index (χ4n) is 1.99. The molecule has 132 valence electrons. The summed E-state index contributed by atoms with van der Waals surface area (Å²) in [4.78, 5) is 23.8. The van der Waals surface area contributed by atoms with Crippen molar-refractivity contribution in [3.63, 3.8) is 0 Å². The van der Waals surface area contributed by atoms with Gasteiger partial charge >= 0.3 is 5.97 Å². The van der Waals surface area contributed by atoms with Gasteiger partial charge in [-0.2, -0.15) is 0 Å². The van der Waals surface area contributed by atoms with Crippen LogP contribution in [0.25, 0.3) is 6.08 Å². The number of amides is 1. The fourth-order valence-corrected chi connectivity index (χ4v) is 2.37. The number of methoxy groups -OCH3 is 1. The zero-order valence-corrected chi connectivity index (χ0v) is 15.4. The minimum absolute atomic E-state index is 0.235. The topological polar surface area (TPSA) is 77.8 Å². The summed E-state index contributed by atoms with van der Waals surface area (Å²) in [6.07, 6.45) is 3.42. The van der Waals surface area contributed by atoms with E-state index in [1.54, 1.807) is 31.4 Å². The minimum atomic E-state index is -0.920. The second kappa shape index (κ2) is 9.08. The molecular formula is C18H18BrNO5. The van der Waals surface area contributed by atoms with E-state index < -0.39 is 18.0 Å². The Labute approximate surface area is 153 Å². The zero-order valence-electron chi connectivity index (χ0n) is 13.8. The third-order valence-corrected chi connectivity index (χ3v) is 3.76. The third-order valence-electron chi connectivity index (χ3n) is 3.27. The summed E-state index contributed by atoms with van der Waals surface area (Å²) in [6.45, 7) is 1.74. The summed E-state index contributed by atoms with van der Waals surface area (Å²) in [5, 5.41) is 2.63. The number of hydrogen-bond donors (Lipinski definition) is 1. The number of furan rings is 1. The molecule has 1 amide bonds. The summed E-state index contributed by atoms with van der Waals surface area (Å²) in [5.41, 5.74) is 0.712. The third kappa shape index (κ3) is 5.79. The first-order valence-corrected chi connectivity index (χ1v) is 8.31. The molecule has 1 N–H and O–H groups in total. The van der Waals surface area contributed by atoms with Gasteiger partial charge in [-0.25, -0.2) is 4.79 Å². The number of esters is 1. The maximum atomic E-state index is 11.9. The molecule has 0 spiro atoms. The lowest BCUT2D eigenvalue weighted by Gasteiger charge is -2.11. The van der Waals surface area contributed by atoms with Gasteiger partial charge in [-0.05, 0) is 43.3 Å². The summed E-state index contributed by atoms with van der Waals surface area (Å²) in [7, 11) is 1.55. The molecule has 7 heteroatoms. The van der Waals surface area contributed by atoms with E-state index in [0.717, 1.165) is 4.47 Å². The lowest BCUT2D eigenvalue weighted by molar-refractivity contribution is -0.150. The van der Waals surface area contributed by atoms with E-state index in [4.69, 9.17) is 13.9 Å². The van der Waals surface area contributed by atoms with Crippen LogP contribution in [0.5, 0.6) is 5.75 Å². The quantitative estimate of drug-likeness (QED) is 0.562. The van der Waals surface area contributed by atoms with Gasteiger partial charge in [-0.15, -0.1) is 0 Å². The molecule has 0 unspecified atom stereocenters. The summed E-state index contributed by atoms with van der Waals surface area (Å²) in [5.74, 6) is 0.214. The average Bonchev–Trinajstić information content (AvgIpc) is 3.11. The van der Waals surface area contributed by atoms with Crippen LogP contribution in [0.3, 0.4) is 0 Å². The maximum absolute atomic E-state index is 11.9. The van der Waals surface area contributed by atoms with Crippen LogP contribution in [-0.4, -0.2) is 25.1 Å². The van der Waals surface area contributed by atoms with Crippen LogP contribution in [0.1, 0.15) is 18.2 Å². The van der Waals surface area contributed by atoms with Crippen molar-refractivity contribution in [1.29, 1.82) is 0 Å². The number of nitrogens with one attached hydrogen (secondary N) is 1. The van der Waals surface area contributed by atoms with Gasteiger partial charge in [0, 0.05) is 16.1 Å². The van der Waals surface area contributed by atoms with E-state index in [1.807, 2.05) is 12.1 Å². The molecule has 0 saturated carbocycles. The van der Waals surface area contributed by atoms with Gasteiger partial charge in [-0.1, -0.05) is 15.9 Å². The van der Waals surface area contributed by atoms with Crippen LogP contribution >= 0.6 is 15.9 Å². The van der Waals surface area contributed by atoms with Crippen molar-refractivity contribution in [2.75, 3.05) is 7.11 Å². The smallest absolute Gasteiger partial charge is 0.331 e. The number of carbonyl (C=O) groups excluding carboxylic acids is 2. The van der Waals surface area contributed by atoms with Gasteiger partial charge in [0.2, 0.25) is 0 Å². The molecule has 0 radical (unpaired) electrons. The molecule has 2 aromatic rings. The van der Waals surface area contributed by atoms with E-state index in [0.29, 0.717) is 17.1 Å². The number of hydrogen-bond acceptors (Lipinski definition) is 5. The number of rotatable bonds is 7. The average molecular weight is 408 g/mol. The van der Waals surface area contributed by atoms with Crippen LogP contribution in [0.2, 0.25) is 0 Å². The Morgan fingerprint density at radius 2 is 2.16 bits per heavy atom. The molecule has 2 rings (SSSR count). The summed E-state index contributed by atoms with van der Waals surface area (Å²) in [6, 6.07) is 8.89. The Hall–Kier alpha value is -2.54. The Kier molecular flexibility index (Phi) is 6.82. The van der Waals surface area contributed by atoms with Crippen LogP contribution in [-0.2, 0) is 20.9 Å². The number of ether oxygens (including phenoxy) is 2. The lowest BCUT2D eigenvalue weighted by Crippen LogP contribution is -2.35. The normalized spacial score (nSPS) is 12.0. The number of carbonyl (C=O) groups is 2. The molecule has 1 atom stereocenters. The van der Waals surface area contributed by atoms with Gasteiger partial charge in [-0.3, -0.25) is 4.79 Å². The molecule has 0 aliphatic carbocycles. The van der Waals surface area contributed by atoms with Gasteiger partial charge in [0.25, 0.3) is 5.91 Å². The highest BCUT2D eigenvalue weighted by molar-refractivity contribution is 9.10. The maximum Gasteiger partial charge on any atom is 0.331 e. The molecular weight excluding hydrogens is 390 g/mol. The second-order valence-electron chi connectivity index (χ2n) is 5.10. The first-order chi connectivity index (χ1) is 12.0. The van der Waals surface area contributed by atoms with Gasteiger partial charge < -0.3 is 19.2 Å². The number of benzene rings is 1. The Balaban J connectivity index is 1.88. The van der Waals surface area contributed by atoms with E-state index in [9.17, 15) is 9.59 Å². The summed E-state index contributed by atoms with van der Waals surface area (Å²) >= 11 is 3.36. The predicted octanol–water partition coefficient (Wildman–Crippen LogP) is 3.31. The molecule has 6 nitrogen and oxygen atoms in total. The van der Waals surface area contributed by atoms with Gasteiger partial charge in [0.15, 0.2) is 6.10 Å². The highest BCUT2D eigenvalue weighted by Gasteiger charge is 2.16. The van der Waals surface area contributed by atoms with E-state index >= 15 is 0 Å². The van der Waals surface area contributed by atoms with Crippen molar-refractivity contribution < 1.29 is 23.5 Å². The number of halogens is 1. The van der Waals surface area contributed by atoms with Gasteiger partial charge in [0.1, 0.15) is 11.5 Å². The molecule has 0 aliphatic rings. The Bertz CT molecular complexity index is 755. The molecule has 0 aliphatic heterocycles. The van der Waals surface area contributed by atoms with Crippen LogP contribution < -0.4 is 10.1 Å². The molecule has 1 heterocycles. The van der Waals surface area contributed by atoms with Crippen molar-refractivity contribution in [2.24, 2.45) is 0 Å². The summed E-state index contributed by atoms with van der Waals surface area (Å²) < 4.78 is 16.3. The Morgan fingerprint density at radius 3 is 2.84 bits per heavy atom. The first kappa shape index (κ1) is 18.8. The zero-order chi connectivity index (χ0) is 18.2. The first-order valence-electron chi connectivity index (χ1n) is 7.52. The van der Waals surface area contributed by atoms with Crippen LogP contribution in [0.15, 0.2) is 51.6 Å². The molecule has 0 bridgehead atoms. The minimum Gasteiger partial charge on any atom is -0.496 e. The molecule has 0 saturated heterocycles. The predicted molar refractivity (Wildman–Crippen MR) is 95.8 cm³/mol. The highest BCUT2D eigenvalue weighted by atomic mass is 79.9. The second-order valence-corrected chi connectivity index (χ2v) is 6.01. The molecule has 0 fully saturated rings. The fraction of sp³-hybridized carbons (Fsp3) is 0.222. The highest BCUT2D eigenvalue weighted by Crippen LogP contribution is 2.24. The SMILES string of the molecule is COc1ccc(Br)cc1/C=C/C(=O)O[C@@H](C)C(=O)NCc1ccco1. The lowest BCUT2D eigenvalue weighted by atomic mass is 10.2. The monoisotopic (exact) mass is 407 g/mol. The Morgan fingerprint density at radius 1 is 1.36 bits per heavy atom. The van der Waals surface area contributed by atoms with Crippen molar-refractivity contribution in [3.8, 4) is 5.75 Å². The standard InChI is InChI=1S/C18H18BrNO5/c1-12(18(22)20-11-15-4-3-9-24-15)25-17(21)8-5-13-10-14(19)6-7-16(13)23-2/h3-10,12H,11H2,1-2H3,(H,20,22)/b8-5+/t12-/m0/s1. The van der Waals surface area contributed by atoms with Gasteiger partial charge in [0.05, 0.1) is 19.9 Å². The molecule has 25 heavy (non-hydrogen) atoms. The van der Waals surface area contributed by atoms with Crippen LogP contribution in [0.4, 0.5) is 0 Å². The largest absolute Gasteiger partial charge is 0.496 e. The van der Waals surface area contributed by atoms with Crippen molar-refractivity contribution in [1.82, 2.24) is 5.32 Å². The van der Waals surface area contributed by atoms with Crippen molar-refractivity contribution >= 4 is 33.9 Å². The molecule has 1 aromatic heterocycles. The van der Waals surface area contributed by atoms with Crippen molar-refractivity contribution in [3.05, 3.63) is 58.5 Å². The van der Waals surface area contributed by atoms with E-state index in [1.165, 1.54) is 19.3 Å².